The monoisotopic (exact) mass is 340 g/mol. The lowest BCUT2D eigenvalue weighted by Crippen LogP contribution is -2.29. The molecule has 0 aromatic carbocycles. The molecule has 0 saturated heterocycles. The van der Waals surface area contributed by atoms with E-state index in [9.17, 15) is 14.4 Å². The van der Waals surface area contributed by atoms with Crippen molar-refractivity contribution >= 4 is 34.1 Å². The number of ether oxygens (including phenoxy) is 1. The van der Waals surface area contributed by atoms with Crippen LogP contribution >= 0.6 is 11.3 Å². The molecule has 128 valence electrons. The van der Waals surface area contributed by atoms with E-state index < -0.39 is 5.97 Å². The van der Waals surface area contributed by atoms with E-state index in [1.165, 1.54) is 0 Å². The van der Waals surface area contributed by atoms with Crippen molar-refractivity contribution in [3.8, 4) is 0 Å². The summed E-state index contributed by atoms with van der Waals surface area (Å²) in [6, 6.07) is -0.0202. The largest absolute Gasteiger partial charge is 0.462 e. The highest BCUT2D eigenvalue weighted by molar-refractivity contribution is 7.18. The predicted molar refractivity (Wildman–Crippen MR) is 91.2 cm³/mol. The molecule has 1 rings (SSSR count). The molecule has 0 aliphatic carbocycles. The first kappa shape index (κ1) is 19.2. The van der Waals surface area contributed by atoms with Gasteiger partial charge in [-0.25, -0.2) is 4.79 Å². The van der Waals surface area contributed by atoms with Crippen LogP contribution in [0.2, 0.25) is 0 Å². The molecule has 0 aliphatic rings. The van der Waals surface area contributed by atoms with Crippen molar-refractivity contribution in [2.24, 2.45) is 0 Å². The minimum Gasteiger partial charge on any atom is -0.462 e. The van der Waals surface area contributed by atoms with Crippen molar-refractivity contribution in [3.63, 3.8) is 0 Å². The van der Waals surface area contributed by atoms with Crippen molar-refractivity contribution in [1.29, 1.82) is 0 Å². The van der Waals surface area contributed by atoms with E-state index in [-0.39, 0.29) is 30.0 Å². The molecular formula is C16H24N2O4S. The molecule has 0 saturated carbocycles. The molecular weight excluding hydrogens is 316 g/mol. The van der Waals surface area contributed by atoms with Gasteiger partial charge in [-0.05, 0) is 39.7 Å². The maximum absolute atomic E-state index is 12.3. The third kappa shape index (κ3) is 5.06. The number of esters is 1. The average Bonchev–Trinajstić information content (AvgIpc) is 2.75. The van der Waals surface area contributed by atoms with Crippen LogP contribution in [0.15, 0.2) is 0 Å². The normalized spacial score (nSPS) is 10.5. The number of carbonyl (C=O) groups is 3. The van der Waals surface area contributed by atoms with E-state index in [0.717, 1.165) is 11.3 Å². The van der Waals surface area contributed by atoms with Crippen LogP contribution in [0.3, 0.4) is 0 Å². The minimum absolute atomic E-state index is 0.0202. The van der Waals surface area contributed by atoms with E-state index in [2.05, 4.69) is 10.6 Å². The molecule has 6 nitrogen and oxygen atoms in total. The molecule has 0 unspecified atom stereocenters. The molecule has 0 fully saturated rings. The maximum Gasteiger partial charge on any atom is 0.341 e. The van der Waals surface area contributed by atoms with E-state index in [1.54, 1.807) is 13.8 Å². The Morgan fingerprint density at radius 1 is 1.22 bits per heavy atom. The second kappa shape index (κ2) is 8.67. The Balaban J connectivity index is 3.22. The summed E-state index contributed by atoms with van der Waals surface area (Å²) in [4.78, 5) is 36.7. The van der Waals surface area contributed by atoms with E-state index in [4.69, 9.17) is 4.74 Å². The lowest BCUT2D eigenvalue weighted by atomic mass is 10.1. The summed E-state index contributed by atoms with van der Waals surface area (Å²) in [5, 5.41) is 5.88. The molecule has 0 radical (unpaired) electrons. The Bertz CT molecular complexity index is 593. The van der Waals surface area contributed by atoms with Gasteiger partial charge in [0, 0.05) is 12.5 Å². The number of rotatable bonds is 7. The van der Waals surface area contributed by atoms with E-state index in [0.29, 0.717) is 28.3 Å². The smallest absolute Gasteiger partial charge is 0.341 e. The maximum atomic E-state index is 12.3. The van der Waals surface area contributed by atoms with Gasteiger partial charge in [0.1, 0.15) is 5.00 Å². The van der Waals surface area contributed by atoms with Crippen molar-refractivity contribution in [3.05, 3.63) is 16.0 Å². The van der Waals surface area contributed by atoms with E-state index in [1.807, 2.05) is 20.8 Å². The number of nitrogens with one attached hydrogen (secondary N) is 2. The molecule has 0 bridgehead atoms. The minimum atomic E-state index is -0.531. The number of carbonyl (C=O) groups excluding carboxylic acids is 3. The van der Waals surface area contributed by atoms with Gasteiger partial charge in [0.15, 0.2) is 0 Å². The Kier molecular flexibility index (Phi) is 7.22. The molecule has 1 heterocycles. The third-order valence-corrected chi connectivity index (χ3v) is 4.19. The molecule has 1 aromatic rings. The van der Waals surface area contributed by atoms with Crippen LogP contribution in [-0.4, -0.2) is 30.4 Å². The highest BCUT2D eigenvalue weighted by atomic mass is 32.1. The average molecular weight is 340 g/mol. The quantitative estimate of drug-likeness (QED) is 0.747. The zero-order valence-corrected chi connectivity index (χ0v) is 15.1. The van der Waals surface area contributed by atoms with Crippen LogP contribution in [0.4, 0.5) is 5.00 Å². The summed E-state index contributed by atoms with van der Waals surface area (Å²) in [5.41, 5.74) is 0.786. The van der Waals surface area contributed by atoms with Gasteiger partial charge >= 0.3 is 5.97 Å². The zero-order valence-electron chi connectivity index (χ0n) is 14.2. The fraction of sp³-hybridized carbons (Fsp3) is 0.562. The predicted octanol–water partition coefficient (Wildman–Crippen LogP) is 3.11. The molecule has 2 N–H and O–H groups in total. The molecule has 1 aromatic heterocycles. The summed E-state index contributed by atoms with van der Waals surface area (Å²) >= 11 is 1.10. The standard InChI is InChI=1S/C16H24N2O4S/c1-6-8-11(19)18-15-12(16(21)22-7-2)10(5)13(23-15)14(20)17-9(3)4/h9H,6-8H2,1-5H3,(H,17,20)(H,18,19). The van der Waals surface area contributed by atoms with Gasteiger partial charge in [0.25, 0.3) is 5.91 Å². The first-order valence-electron chi connectivity index (χ1n) is 7.72. The highest BCUT2D eigenvalue weighted by Crippen LogP contribution is 2.34. The van der Waals surface area contributed by atoms with Crippen LogP contribution in [0.1, 0.15) is 66.1 Å². The third-order valence-electron chi connectivity index (χ3n) is 2.98. The second-order valence-electron chi connectivity index (χ2n) is 5.41. The SMILES string of the molecule is CCCC(=O)Nc1sc(C(=O)NC(C)C)c(C)c1C(=O)OCC. The molecule has 23 heavy (non-hydrogen) atoms. The van der Waals surface area contributed by atoms with Gasteiger partial charge in [-0.2, -0.15) is 0 Å². The summed E-state index contributed by atoms with van der Waals surface area (Å²) in [6.07, 6.45) is 1.05. The topological polar surface area (TPSA) is 84.5 Å². The summed E-state index contributed by atoms with van der Waals surface area (Å²) < 4.78 is 5.05. The molecule has 0 aliphatic heterocycles. The summed E-state index contributed by atoms with van der Waals surface area (Å²) in [7, 11) is 0. The van der Waals surface area contributed by atoms with Crippen LogP contribution in [0.25, 0.3) is 0 Å². The lowest BCUT2D eigenvalue weighted by Gasteiger charge is -2.07. The van der Waals surface area contributed by atoms with Crippen molar-refractivity contribution in [1.82, 2.24) is 5.32 Å². The highest BCUT2D eigenvalue weighted by Gasteiger charge is 2.26. The fourth-order valence-electron chi connectivity index (χ4n) is 2.01. The van der Waals surface area contributed by atoms with Gasteiger partial charge in [0.05, 0.1) is 17.0 Å². The van der Waals surface area contributed by atoms with Gasteiger partial charge in [0.2, 0.25) is 5.91 Å². The lowest BCUT2D eigenvalue weighted by molar-refractivity contribution is -0.116. The number of hydrogen-bond donors (Lipinski definition) is 2. The van der Waals surface area contributed by atoms with Gasteiger partial charge in [-0.3, -0.25) is 9.59 Å². The van der Waals surface area contributed by atoms with E-state index >= 15 is 0 Å². The summed E-state index contributed by atoms with van der Waals surface area (Å²) in [5.74, 6) is -0.976. The van der Waals surface area contributed by atoms with Crippen LogP contribution in [0.5, 0.6) is 0 Å². The van der Waals surface area contributed by atoms with Gasteiger partial charge in [-0.1, -0.05) is 6.92 Å². The van der Waals surface area contributed by atoms with Crippen LogP contribution in [0, 0.1) is 6.92 Å². The fourth-order valence-corrected chi connectivity index (χ4v) is 3.13. The van der Waals surface area contributed by atoms with Crippen molar-refractivity contribution in [2.75, 3.05) is 11.9 Å². The molecule has 7 heteroatoms. The number of hydrogen-bond acceptors (Lipinski definition) is 5. The number of amides is 2. The van der Waals surface area contributed by atoms with Crippen LogP contribution in [-0.2, 0) is 9.53 Å². The van der Waals surface area contributed by atoms with Crippen LogP contribution < -0.4 is 10.6 Å². The molecule has 0 spiro atoms. The summed E-state index contributed by atoms with van der Waals surface area (Å²) in [6.45, 7) is 9.24. The molecule has 0 atom stereocenters. The Labute approximate surface area is 140 Å². The van der Waals surface area contributed by atoms with Crippen molar-refractivity contribution < 1.29 is 19.1 Å². The Morgan fingerprint density at radius 3 is 2.39 bits per heavy atom. The second-order valence-corrected chi connectivity index (χ2v) is 6.43. The van der Waals surface area contributed by atoms with Gasteiger partial charge < -0.3 is 15.4 Å². The zero-order chi connectivity index (χ0) is 17.6. The van der Waals surface area contributed by atoms with Gasteiger partial charge in [-0.15, -0.1) is 11.3 Å². The first-order valence-corrected chi connectivity index (χ1v) is 8.54. The first-order chi connectivity index (χ1) is 10.8. The van der Waals surface area contributed by atoms with Crippen molar-refractivity contribution in [2.45, 2.75) is 53.5 Å². The Morgan fingerprint density at radius 2 is 1.87 bits per heavy atom. The Hall–Kier alpha value is -1.89. The number of thiophene rings is 1. The molecule has 2 amide bonds. The number of anilines is 1.